The lowest BCUT2D eigenvalue weighted by molar-refractivity contribution is -0.154. The molecule has 0 radical (unpaired) electrons. The molecular weight excluding hydrogens is 297 g/mol. The normalized spacial score (nSPS) is 11.4. The highest BCUT2D eigenvalue weighted by Crippen LogP contribution is 2.32. The molecule has 0 aliphatic carbocycles. The minimum Gasteiger partial charge on any atom is -0.468 e. The minimum absolute atomic E-state index is 0.0132. The molecule has 9 heteroatoms. The van der Waals surface area contributed by atoms with Crippen LogP contribution >= 0.6 is 11.6 Å². The van der Waals surface area contributed by atoms with E-state index in [0.717, 1.165) is 0 Å². The number of rotatable bonds is 3. The number of hydrogen-bond acceptors (Lipinski definition) is 5. The van der Waals surface area contributed by atoms with Gasteiger partial charge in [0.25, 0.3) is 0 Å². The van der Waals surface area contributed by atoms with Gasteiger partial charge < -0.3 is 10.5 Å². The lowest BCUT2D eigenvalue weighted by Crippen LogP contribution is -2.20. The summed E-state index contributed by atoms with van der Waals surface area (Å²) in [5, 5.41) is 7.18. The van der Waals surface area contributed by atoms with E-state index in [1.807, 2.05) is 0 Å². The van der Waals surface area contributed by atoms with Crippen molar-refractivity contribution >= 4 is 17.4 Å². The van der Waals surface area contributed by atoms with Crippen LogP contribution in [0.25, 0.3) is 11.1 Å². The van der Waals surface area contributed by atoms with Gasteiger partial charge in [0.2, 0.25) is 5.88 Å². The number of nitrogen functional groups attached to an aromatic ring is 1. The van der Waals surface area contributed by atoms with Crippen LogP contribution in [0.2, 0.25) is 5.15 Å². The first-order valence-corrected chi connectivity index (χ1v) is 5.68. The second-order valence-electron chi connectivity index (χ2n) is 3.73. The van der Waals surface area contributed by atoms with Crippen LogP contribution in [0.3, 0.4) is 0 Å². The van der Waals surface area contributed by atoms with Crippen LogP contribution in [0.5, 0.6) is 5.88 Å². The van der Waals surface area contributed by atoms with Crippen molar-refractivity contribution in [1.29, 1.82) is 0 Å². The standard InChI is InChI=1S/C11H8ClF3N4O/c12-8-4-7(9(16)19-18-8)6-2-1-3-17-10(6)20-5-11(13,14)15/h1-4H,5H2,(H2,16,19). The number of alkyl halides is 3. The number of pyridine rings is 1. The molecule has 2 aromatic rings. The summed E-state index contributed by atoms with van der Waals surface area (Å²) in [6.45, 7) is -1.46. The highest BCUT2D eigenvalue weighted by atomic mass is 35.5. The molecular formula is C11H8ClF3N4O. The lowest BCUT2D eigenvalue weighted by Gasteiger charge is -2.12. The molecule has 2 N–H and O–H groups in total. The molecule has 106 valence electrons. The van der Waals surface area contributed by atoms with Gasteiger partial charge in [0, 0.05) is 17.3 Å². The number of aromatic nitrogens is 3. The molecule has 5 nitrogen and oxygen atoms in total. The SMILES string of the molecule is Nc1nnc(Cl)cc1-c1cccnc1OCC(F)(F)F. The molecule has 0 spiro atoms. The summed E-state index contributed by atoms with van der Waals surface area (Å²) in [6.07, 6.45) is -3.16. The van der Waals surface area contributed by atoms with E-state index < -0.39 is 12.8 Å². The number of ether oxygens (including phenoxy) is 1. The van der Waals surface area contributed by atoms with E-state index in [4.69, 9.17) is 17.3 Å². The Labute approximate surface area is 116 Å². The van der Waals surface area contributed by atoms with Gasteiger partial charge >= 0.3 is 6.18 Å². The smallest absolute Gasteiger partial charge is 0.422 e. The zero-order valence-electron chi connectivity index (χ0n) is 9.86. The van der Waals surface area contributed by atoms with E-state index in [9.17, 15) is 13.2 Å². The second-order valence-corrected chi connectivity index (χ2v) is 4.11. The van der Waals surface area contributed by atoms with Gasteiger partial charge in [-0.15, -0.1) is 10.2 Å². The third-order valence-corrected chi connectivity index (χ3v) is 2.41. The molecule has 0 fully saturated rings. The van der Waals surface area contributed by atoms with Gasteiger partial charge in [-0.3, -0.25) is 0 Å². The zero-order valence-corrected chi connectivity index (χ0v) is 10.6. The third kappa shape index (κ3) is 3.47. The quantitative estimate of drug-likeness (QED) is 0.943. The zero-order chi connectivity index (χ0) is 14.8. The molecule has 2 aromatic heterocycles. The number of hydrogen-bond donors (Lipinski definition) is 1. The molecule has 2 heterocycles. The number of anilines is 1. The molecule has 0 aliphatic heterocycles. The highest BCUT2D eigenvalue weighted by Gasteiger charge is 2.29. The van der Waals surface area contributed by atoms with Gasteiger partial charge in [0.05, 0.1) is 0 Å². The lowest BCUT2D eigenvalue weighted by atomic mass is 10.1. The monoisotopic (exact) mass is 304 g/mol. The topological polar surface area (TPSA) is 73.9 Å². The van der Waals surface area contributed by atoms with Gasteiger partial charge in [0.1, 0.15) is 0 Å². The maximum absolute atomic E-state index is 12.2. The summed E-state index contributed by atoms with van der Waals surface area (Å²) in [5.41, 5.74) is 6.19. The second kappa shape index (κ2) is 5.49. The largest absolute Gasteiger partial charge is 0.468 e. The van der Waals surface area contributed by atoms with Crippen LogP contribution in [0.1, 0.15) is 0 Å². The maximum Gasteiger partial charge on any atom is 0.422 e. The Hall–Kier alpha value is -2.09. The van der Waals surface area contributed by atoms with Crippen molar-refractivity contribution in [1.82, 2.24) is 15.2 Å². The van der Waals surface area contributed by atoms with Gasteiger partial charge in [-0.05, 0) is 18.2 Å². The Kier molecular flexibility index (Phi) is 3.93. The predicted octanol–water partition coefficient (Wildman–Crippen LogP) is 2.72. The van der Waals surface area contributed by atoms with Crippen molar-refractivity contribution in [3.8, 4) is 17.0 Å². The summed E-state index contributed by atoms with van der Waals surface area (Å²) in [5.74, 6) is -0.195. The Bertz CT molecular complexity index is 621. The van der Waals surface area contributed by atoms with E-state index >= 15 is 0 Å². The van der Waals surface area contributed by atoms with E-state index in [-0.39, 0.29) is 22.4 Å². The van der Waals surface area contributed by atoms with Crippen molar-refractivity contribution in [2.24, 2.45) is 0 Å². The van der Waals surface area contributed by atoms with Crippen molar-refractivity contribution in [2.75, 3.05) is 12.3 Å². The summed E-state index contributed by atoms with van der Waals surface area (Å²) in [4.78, 5) is 3.76. The molecule has 20 heavy (non-hydrogen) atoms. The first kappa shape index (κ1) is 14.3. The summed E-state index contributed by atoms with van der Waals surface area (Å²) in [7, 11) is 0. The first-order chi connectivity index (χ1) is 9.37. The van der Waals surface area contributed by atoms with E-state index in [1.54, 1.807) is 0 Å². The van der Waals surface area contributed by atoms with Crippen LogP contribution in [-0.2, 0) is 0 Å². The van der Waals surface area contributed by atoms with E-state index in [0.29, 0.717) is 5.56 Å². The fourth-order valence-electron chi connectivity index (χ4n) is 1.45. The van der Waals surface area contributed by atoms with Crippen LogP contribution < -0.4 is 10.5 Å². The molecule has 0 atom stereocenters. The number of nitrogens with zero attached hydrogens (tertiary/aromatic N) is 3. The van der Waals surface area contributed by atoms with E-state index in [2.05, 4.69) is 19.9 Å². The fourth-order valence-corrected chi connectivity index (χ4v) is 1.60. The average molecular weight is 305 g/mol. The fraction of sp³-hybridized carbons (Fsp3) is 0.182. The van der Waals surface area contributed by atoms with Crippen molar-refractivity contribution in [3.63, 3.8) is 0 Å². The Morgan fingerprint density at radius 3 is 2.70 bits per heavy atom. The van der Waals surface area contributed by atoms with Gasteiger partial charge in [-0.25, -0.2) is 4.98 Å². The maximum atomic E-state index is 12.2. The van der Waals surface area contributed by atoms with Crippen molar-refractivity contribution in [2.45, 2.75) is 6.18 Å². The Balaban J connectivity index is 2.39. The minimum atomic E-state index is -4.46. The first-order valence-electron chi connectivity index (χ1n) is 5.30. The molecule has 2 rings (SSSR count). The molecule has 0 unspecified atom stereocenters. The van der Waals surface area contributed by atoms with Gasteiger partial charge in [-0.1, -0.05) is 11.6 Å². The summed E-state index contributed by atoms with van der Waals surface area (Å²) >= 11 is 5.70. The van der Waals surface area contributed by atoms with Crippen LogP contribution in [0.4, 0.5) is 19.0 Å². The Morgan fingerprint density at radius 1 is 1.25 bits per heavy atom. The molecule has 0 aromatic carbocycles. The molecule has 0 saturated heterocycles. The summed E-state index contributed by atoms with van der Waals surface area (Å²) in [6, 6.07) is 4.41. The molecule has 0 aliphatic rings. The van der Waals surface area contributed by atoms with Crippen LogP contribution in [-0.4, -0.2) is 28.0 Å². The average Bonchev–Trinajstić information content (AvgIpc) is 2.39. The van der Waals surface area contributed by atoms with Crippen molar-refractivity contribution < 1.29 is 17.9 Å². The van der Waals surface area contributed by atoms with Gasteiger partial charge in [0.15, 0.2) is 17.6 Å². The Morgan fingerprint density at radius 2 is 2.00 bits per heavy atom. The van der Waals surface area contributed by atoms with Crippen LogP contribution in [0.15, 0.2) is 24.4 Å². The number of halogens is 4. The molecule has 0 saturated carbocycles. The summed E-state index contributed by atoms with van der Waals surface area (Å²) < 4.78 is 41.3. The molecule has 0 bridgehead atoms. The van der Waals surface area contributed by atoms with Crippen LogP contribution in [0, 0.1) is 0 Å². The molecule has 0 amide bonds. The highest BCUT2D eigenvalue weighted by molar-refractivity contribution is 6.29. The van der Waals surface area contributed by atoms with Crippen molar-refractivity contribution in [3.05, 3.63) is 29.5 Å². The van der Waals surface area contributed by atoms with Gasteiger partial charge in [-0.2, -0.15) is 13.2 Å². The number of nitrogens with two attached hydrogens (primary N) is 1. The van der Waals surface area contributed by atoms with E-state index in [1.165, 1.54) is 24.4 Å². The predicted molar refractivity (Wildman–Crippen MR) is 66.2 cm³/mol. The third-order valence-electron chi connectivity index (χ3n) is 2.23.